The highest BCUT2D eigenvalue weighted by Gasteiger charge is 2.06. The van der Waals surface area contributed by atoms with Gasteiger partial charge in [-0.3, -0.25) is 5.43 Å². The van der Waals surface area contributed by atoms with Crippen LogP contribution in [0.3, 0.4) is 0 Å². The minimum absolute atomic E-state index is 0.695. The molecule has 0 spiro atoms. The van der Waals surface area contributed by atoms with Gasteiger partial charge in [0.05, 0.1) is 11.0 Å². The van der Waals surface area contributed by atoms with E-state index in [0.29, 0.717) is 5.02 Å². The van der Waals surface area contributed by atoms with Crippen LogP contribution in [0.2, 0.25) is 5.02 Å². The molecule has 0 fully saturated rings. The van der Waals surface area contributed by atoms with Crippen molar-refractivity contribution in [1.29, 1.82) is 0 Å². The van der Waals surface area contributed by atoms with Crippen LogP contribution in [-0.4, -0.2) is 0 Å². The molecule has 0 aliphatic carbocycles. The van der Waals surface area contributed by atoms with Gasteiger partial charge >= 0.3 is 0 Å². The average molecular weight is 361 g/mol. The molecule has 0 unspecified atom stereocenters. The third kappa shape index (κ3) is 3.48. The number of benzene rings is 3. The number of hydrogen-bond donors (Lipinski definition) is 1. The second-order valence-corrected chi connectivity index (χ2v) is 6.53. The molecule has 0 bridgehead atoms. The van der Waals surface area contributed by atoms with Crippen LogP contribution in [0.1, 0.15) is 5.56 Å². The van der Waals surface area contributed by atoms with E-state index >= 15 is 0 Å². The van der Waals surface area contributed by atoms with E-state index in [1.807, 2.05) is 72.8 Å². The van der Waals surface area contributed by atoms with Gasteiger partial charge in [0.1, 0.15) is 11.3 Å². The summed E-state index contributed by atoms with van der Waals surface area (Å²) < 4.78 is 6.10. The van der Waals surface area contributed by atoms with Crippen molar-refractivity contribution in [1.82, 2.24) is 0 Å². The summed E-state index contributed by atoms with van der Waals surface area (Å²) in [6.07, 6.45) is 0. The maximum absolute atomic E-state index is 6.10. The summed E-state index contributed by atoms with van der Waals surface area (Å²) in [7, 11) is 0. The number of nitrogens with one attached hydrogen (secondary N) is 1. The fourth-order valence-electron chi connectivity index (χ4n) is 2.77. The molecule has 3 aromatic carbocycles. The molecule has 1 heterocycles. The van der Waals surface area contributed by atoms with Gasteiger partial charge in [0.15, 0.2) is 0 Å². The number of hydrogen-bond acceptors (Lipinski definition) is 3. The van der Waals surface area contributed by atoms with Gasteiger partial charge in [-0.25, -0.2) is 0 Å². The van der Waals surface area contributed by atoms with E-state index in [1.54, 1.807) is 0 Å². The van der Waals surface area contributed by atoms with Crippen molar-refractivity contribution in [2.24, 2.45) is 5.10 Å². The Kier molecular flexibility index (Phi) is 4.46. The lowest BCUT2D eigenvalue weighted by Crippen LogP contribution is -2.07. The fourth-order valence-corrected chi connectivity index (χ4v) is 2.90. The monoisotopic (exact) mass is 360 g/mol. The van der Waals surface area contributed by atoms with E-state index in [9.17, 15) is 0 Å². The van der Waals surface area contributed by atoms with Crippen molar-refractivity contribution in [2.45, 2.75) is 6.92 Å². The summed E-state index contributed by atoms with van der Waals surface area (Å²) in [5.74, 6) is 0.742. The molecule has 0 aliphatic heterocycles. The maximum Gasteiger partial charge on any atom is 0.136 e. The van der Waals surface area contributed by atoms with Gasteiger partial charge in [0.25, 0.3) is 0 Å². The zero-order valence-electron chi connectivity index (χ0n) is 14.2. The summed E-state index contributed by atoms with van der Waals surface area (Å²) in [5, 5.41) is 7.10. The lowest BCUT2D eigenvalue weighted by Gasteiger charge is -2.06. The van der Waals surface area contributed by atoms with Crippen LogP contribution in [-0.2, 0) is 0 Å². The molecule has 3 nitrogen and oxygen atoms in total. The minimum atomic E-state index is 0.695. The van der Waals surface area contributed by atoms with E-state index in [0.717, 1.165) is 38.9 Å². The molecule has 4 aromatic rings. The third-order valence-corrected chi connectivity index (χ3v) is 4.36. The van der Waals surface area contributed by atoms with Crippen LogP contribution < -0.4 is 10.8 Å². The van der Waals surface area contributed by atoms with E-state index in [1.165, 1.54) is 0 Å². The second-order valence-electron chi connectivity index (χ2n) is 6.09. The zero-order valence-corrected chi connectivity index (χ0v) is 15.0. The molecule has 0 aliphatic rings. The highest BCUT2D eigenvalue weighted by molar-refractivity contribution is 6.30. The normalized spacial score (nSPS) is 11.7. The van der Waals surface area contributed by atoms with Gasteiger partial charge in [-0.1, -0.05) is 41.4 Å². The van der Waals surface area contributed by atoms with Gasteiger partial charge < -0.3 is 4.42 Å². The lowest BCUT2D eigenvalue weighted by molar-refractivity contribution is 0.618. The Hall–Kier alpha value is -3.04. The average Bonchev–Trinajstić information content (AvgIpc) is 2.67. The number of aryl methyl sites for hydroxylation is 1. The molecule has 0 radical (unpaired) electrons. The molecule has 128 valence electrons. The molecule has 0 saturated heterocycles. The number of rotatable bonds is 3. The Labute approximate surface area is 156 Å². The number of halogens is 1. The summed E-state index contributed by atoms with van der Waals surface area (Å²) in [6.45, 7) is 2.06. The van der Waals surface area contributed by atoms with Gasteiger partial charge in [-0.2, -0.15) is 5.10 Å². The van der Waals surface area contributed by atoms with E-state index in [2.05, 4.69) is 23.5 Å². The van der Waals surface area contributed by atoms with Gasteiger partial charge in [0, 0.05) is 22.0 Å². The lowest BCUT2D eigenvalue weighted by atomic mass is 10.1. The first-order chi connectivity index (χ1) is 12.7. The minimum Gasteiger partial charge on any atom is -0.456 e. The van der Waals surface area contributed by atoms with Crippen LogP contribution >= 0.6 is 11.6 Å². The number of nitrogens with zero attached hydrogens (tertiary/aromatic N) is 1. The highest BCUT2D eigenvalue weighted by Crippen LogP contribution is 2.24. The van der Waals surface area contributed by atoms with Crippen LogP contribution in [0, 0.1) is 6.92 Å². The molecule has 0 amide bonds. The Morgan fingerprint density at radius 2 is 1.65 bits per heavy atom. The van der Waals surface area contributed by atoms with Crippen LogP contribution in [0.15, 0.2) is 88.4 Å². The predicted molar refractivity (Wildman–Crippen MR) is 107 cm³/mol. The second kappa shape index (κ2) is 7.06. The van der Waals surface area contributed by atoms with Crippen LogP contribution in [0.4, 0.5) is 5.69 Å². The molecule has 1 aromatic heterocycles. The van der Waals surface area contributed by atoms with E-state index < -0.39 is 0 Å². The van der Waals surface area contributed by atoms with Crippen molar-refractivity contribution in [3.05, 3.63) is 94.8 Å². The summed E-state index contributed by atoms with van der Waals surface area (Å²) >= 11 is 6.00. The molecule has 26 heavy (non-hydrogen) atoms. The van der Waals surface area contributed by atoms with Gasteiger partial charge in [-0.05, 0) is 55.5 Å². The smallest absolute Gasteiger partial charge is 0.136 e. The first-order valence-electron chi connectivity index (χ1n) is 8.34. The topological polar surface area (TPSA) is 37.5 Å². The van der Waals surface area contributed by atoms with Crippen molar-refractivity contribution < 1.29 is 4.42 Å². The van der Waals surface area contributed by atoms with Crippen LogP contribution in [0.25, 0.3) is 22.3 Å². The molecule has 0 atom stereocenters. The fraction of sp³-hybridized carbons (Fsp3) is 0.0455. The Morgan fingerprint density at radius 1 is 0.885 bits per heavy atom. The molecule has 4 heteroatoms. The van der Waals surface area contributed by atoms with Crippen molar-refractivity contribution in [3.63, 3.8) is 0 Å². The molecule has 4 rings (SSSR count). The first-order valence-corrected chi connectivity index (χ1v) is 8.72. The third-order valence-electron chi connectivity index (χ3n) is 4.11. The SMILES string of the molecule is Cc1ccc2oc(-c3ccc(Cl)cc3)c/c(=N/Nc3ccccc3)c2c1. The maximum atomic E-state index is 6.10. The zero-order chi connectivity index (χ0) is 17.9. The molecular formula is C22H17ClN2O. The Bertz CT molecular complexity index is 1120. The highest BCUT2D eigenvalue weighted by atomic mass is 35.5. The number of fused-ring (bicyclic) bond motifs is 1. The molecular weight excluding hydrogens is 344 g/mol. The van der Waals surface area contributed by atoms with Gasteiger partial charge in [-0.15, -0.1) is 0 Å². The van der Waals surface area contributed by atoms with Gasteiger partial charge in [0.2, 0.25) is 0 Å². The summed E-state index contributed by atoms with van der Waals surface area (Å²) in [5.41, 5.74) is 6.95. The number of anilines is 1. The largest absolute Gasteiger partial charge is 0.456 e. The molecule has 1 N–H and O–H groups in total. The van der Waals surface area contributed by atoms with Crippen molar-refractivity contribution >= 4 is 28.3 Å². The Morgan fingerprint density at radius 3 is 2.42 bits per heavy atom. The molecule has 0 saturated carbocycles. The predicted octanol–water partition coefficient (Wildman–Crippen LogP) is 5.99. The quantitative estimate of drug-likeness (QED) is 0.456. The standard InChI is InChI=1S/C22H17ClN2O/c1-15-7-12-21-19(13-15)20(25-24-18-5-3-2-4-6-18)14-22(26-21)16-8-10-17(23)11-9-16/h2-14,24H,1H3/b25-20-. The van der Waals surface area contributed by atoms with E-state index in [4.69, 9.17) is 16.0 Å². The Balaban J connectivity index is 1.88. The van der Waals surface area contributed by atoms with Crippen molar-refractivity contribution in [3.8, 4) is 11.3 Å². The summed E-state index contributed by atoms with van der Waals surface area (Å²) in [6, 6.07) is 25.5. The summed E-state index contributed by atoms with van der Waals surface area (Å²) in [4.78, 5) is 0. The van der Waals surface area contributed by atoms with Crippen LogP contribution in [0.5, 0.6) is 0 Å². The first kappa shape index (κ1) is 16.4. The van der Waals surface area contributed by atoms with E-state index in [-0.39, 0.29) is 0 Å². The van der Waals surface area contributed by atoms with Crippen molar-refractivity contribution in [2.75, 3.05) is 5.43 Å². The number of para-hydroxylation sites is 1.